The van der Waals surface area contributed by atoms with Crippen LogP contribution in [0.3, 0.4) is 0 Å². The maximum Gasteiger partial charge on any atom is 0.340 e. The Morgan fingerprint density at radius 2 is 2.28 bits per heavy atom. The molecule has 1 atom stereocenters. The predicted molar refractivity (Wildman–Crippen MR) is 66.6 cm³/mol. The van der Waals surface area contributed by atoms with Crippen LogP contribution in [0.5, 0.6) is 5.88 Å². The van der Waals surface area contributed by atoms with Crippen LogP contribution in [-0.2, 0) is 9.47 Å². The third-order valence-electron chi connectivity index (χ3n) is 2.23. The molecule has 0 amide bonds. The highest BCUT2D eigenvalue weighted by Gasteiger charge is 2.16. The summed E-state index contributed by atoms with van der Waals surface area (Å²) in [6.07, 6.45) is 1.25. The fourth-order valence-corrected chi connectivity index (χ4v) is 1.34. The Morgan fingerprint density at radius 1 is 1.56 bits per heavy atom. The van der Waals surface area contributed by atoms with Gasteiger partial charge in [0.2, 0.25) is 5.88 Å². The van der Waals surface area contributed by atoms with Gasteiger partial charge in [0.1, 0.15) is 11.8 Å². The second kappa shape index (κ2) is 6.80. The molecular formula is C12H18N2O4. The summed E-state index contributed by atoms with van der Waals surface area (Å²) < 4.78 is 15.3. The van der Waals surface area contributed by atoms with E-state index in [4.69, 9.17) is 15.2 Å². The number of aromatic nitrogens is 1. The first-order valence-electron chi connectivity index (χ1n) is 5.67. The zero-order chi connectivity index (χ0) is 13.5. The molecule has 0 saturated heterocycles. The number of methoxy groups -OCH3 is 1. The summed E-state index contributed by atoms with van der Waals surface area (Å²) in [6, 6.07) is 1.49. The molecular weight excluding hydrogens is 236 g/mol. The maximum atomic E-state index is 11.4. The highest BCUT2D eigenvalue weighted by atomic mass is 16.5. The van der Waals surface area contributed by atoms with Crippen LogP contribution in [0.4, 0.5) is 5.69 Å². The zero-order valence-corrected chi connectivity index (χ0v) is 10.8. The van der Waals surface area contributed by atoms with Crippen LogP contribution in [0.2, 0.25) is 0 Å². The van der Waals surface area contributed by atoms with E-state index >= 15 is 0 Å². The van der Waals surface area contributed by atoms with Crippen molar-refractivity contribution in [3.63, 3.8) is 0 Å². The average Bonchev–Trinajstić information content (AvgIpc) is 2.38. The van der Waals surface area contributed by atoms with Gasteiger partial charge >= 0.3 is 5.97 Å². The van der Waals surface area contributed by atoms with Gasteiger partial charge in [0.15, 0.2) is 0 Å². The van der Waals surface area contributed by atoms with Crippen LogP contribution in [0.15, 0.2) is 12.3 Å². The number of nitrogens with two attached hydrogens (primary N) is 1. The zero-order valence-electron chi connectivity index (χ0n) is 10.8. The Hall–Kier alpha value is -1.82. The molecule has 0 fully saturated rings. The number of carbonyl (C=O) groups excluding carboxylic acids is 1. The Labute approximate surface area is 106 Å². The van der Waals surface area contributed by atoms with Crippen molar-refractivity contribution in [3.8, 4) is 5.88 Å². The SMILES string of the molecule is CCOCC(C)Oc1nccc(C(=O)OC)c1N. The lowest BCUT2D eigenvalue weighted by Crippen LogP contribution is -2.21. The van der Waals surface area contributed by atoms with Gasteiger partial charge in [0.25, 0.3) is 0 Å². The van der Waals surface area contributed by atoms with Crippen molar-refractivity contribution in [1.29, 1.82) is 0 Å². The van der Waals surface area contributed by atoms with Crippen molar-refractivity contribution in [2.75, 3.05) is 26.1 Å². The van der Waals surface area contributed by atoms with Gasteiger partial charge in [0.05, 0.1) is 19.3 Å². The molecule has 1 heterocycles. The predicted octanol–water partition coefficient (Wildman–Crippen LogP) is 1.25. The van der Waals surface area contributed by atoms with Crippen LogP contribution < -0.4 is 10.5 Å². The number of hydrogen-bond acceptors (Lipinski definition) is 6. The van der Waals surface area contributed by atoms with Gasteiger partial charge in [-0.2, -0.15) is 0 Å². The molecule has 0 bridgehead atoms. The highest BCUT2D eigenvalue weighted by Crippen LogP contribution is 2.23. The lowest BCUT2D eigenvalue weighted by molar-refractivity contribution is 0.0593. The Balaban J connectivity index is 2.80. The molecule has 1 rings (SSSR count). The van der Waals surface area contributed by atoms with E-state index in [9.17, 15) is 4.79 Å². The summed E-state index contributed by atoms with van der Waals surface area (Å²) in [5.41, 5.74) is 6.22. The third kappa shape index (κ3) is 3.59. The molecule has 0 aliphatic heterocycles. The average molecular weight is 254 g/mol. The van der Waals surface area contributed by atoms with Crippen molar-refractivity contribution in [3.05, 3.63) is 17.8 Å². The van der Waals surface area contributed by atoms with Gasteiger partial charge < -0.3 is 19.9 Å². The molecule has 1 unspecified atom stereocenters. The van der Waals surface area contributed by atoms with Crippen molar-refractivity contribution in [2.24, 2.45) is 0 Å². The molecule has 0 spiro atoms. The van der Waals surface area contributed by atoms with E-state index in [2.05, 4.69) is 9.72 Å². The topological polar surface area (TPSA) is 83.7 Å². The van der Waals surface area contributed by atoms with Crippen LogP contribution in [0.1, 0.15) is 24.2 Å². The molecule has 0 aromatic carbocycles. The van der Waals surface area contributed by atoms with Crippen molar-refractivity contribution >= 4 is 11.7 Å². The Kier molecular flexibility index (Phi) is 5.38. The van der Waals surface area contributed by atoms with Crippen LogP contribution in [0, 0.1) is 0 Å². The first-order valence-corrected chi connectivity index (χ1v) is 5.67. The van der Waals surface area contributed by atoms with Crippen molar-refractivity contribution in [1.82, 2.24) is 4.98 Å². The minimum Gasteiger partial charge on any atom is -0.471 e. The summed E-state index contributed by atoms with van der Waals surface area (Å²) in [4.78, 5) is 15.4. The molecule has 0 aliphatic carbocycles. The quantitative estimate of drug-likeness (QED) is 0.769. The molecule has 18 heavy (non-hydrogen) atoms. The first-order chi connectivity index (χ1) is 8.60. The Morgan fingerprint density at radius 3 is 2.89 bits per heavy atom. The van der Waals surface area contributed by atoms with E-state index in [0.29, 0.717) is 13.2 Å². The summed E-state index contributed by atoms with van der Waals surface area (Å²) in [6.45, 7) is 4.78. The Bertz CT molecular complexity index is 409. The summed E-state index contributed by atoms with van der Waals surface area (Å²) in [5.74, 6) is -0.303. The number of nitrogen functional groups attached to an aromatic ring is 1. The van der Waals surface area contributed by atoms with Gasteiger partial charge in [-0.15, -0.1) is 0 Å². The van der Waals surface area contributed by atoms with Crippen molar-refractivity contribution in [2.45, 2.75) is 20.0 Å². The van der Waals surface area contributed by atoms with E-state index in [-0.39, 0.29) is 23.2 Å². The maximum absolute atomic E-state index is 11.4. The molecule has 0 radical (unpaired) electrons. The standard InChI is InChI=1S/C12H18N2O4/c1-4-17-7-8(2)18-11-10(13)9(5-6-14-11)12(15)16-3/h5-6,8H,4,7,13H2,1-3H3. The van der Waals surface area contributed by atoms with Crippen LogP contribution >= 0.6 is 0 Å². The molecule has 0 aliphatic rings. The van der Waals surface area contributed by atoms with Crippen molar-refractivity contribution < 1.29 is 19.0 Å². The fourth-order valence-electron chi connectivity index (χ4n) is 1.34. The molecule has 1 aromatic heterocycles. The van der Waals surface area contributed by atoms with E-state index in [1.807, 2.05) is 13.8 Å². The van der Waals surface area contributed by atoms with E-state index in [0.717, 1.165) is 0 Å². The first kappa shape index (κ1) is 14.2. The number of ether oxygens (including phenoxy) is 3. The van der Waals surface area contributed by atoms with E-state index < -0.39 is 5.97 Å². The fraction of sp³-hybridized carbons (Fsp3) is 0.500. The minimum atomic E-state index is -0.516. The van der Waals surface area contributed by atoms with Gasteiger partial charge in [0, 0.05) is 12.8 Å². The summed E-state index contributed by atoms with van der Waals surface area (Å²) in [7, 11) is 1.29. The minimum absolute atomic E-state index is 0.174. The second-order valence-electron chi connectivity index (χ2n) is 3.66. The molecule has 100 valence electrons. The number of pyridine rings is 1. The normalized spacial score (nSPS) is 11.9. The van der Waals surface area contributed by atoms with Gasteiger partial charge in [-0.25, -0.2) is 9.78 Å². The van der Waals surface area contributed by atoms with Gasteiger partial charge in [-0.3, -0.25) is 0 Å². The number of anilines is 1. The number of rotatable bonds is 6. The highest BCUT2D eigenvalue weighted by molar-refractivity contribution is 5.95. The number of hydrogen-bond donors (Lipinski definition) is 1. The lowest BCUT2D eigenvalue weighted by Gasteiger charge is -2.15. The smallest absolute Gasteiger partial charge is 0.340 e. The van der Waals surface area contributed by atoms with Gasteiger partial charge in [-0.05, 0) is 19.9 Å². The third-order valence-corrected chi connectivity index (χ3v) is 2.23. The number of esters is 1. The largest absolute Gasteiger partial charge is 0.471 e. The molecule has 1 aromatic rings. The molecule has 2 N–H and O–H groups in total. The van der Waals surface area contributed by atoms with E-state index in [1.165, 1.54) is 19.4 Å². The number of carbonyl (C=O) groups is 1. The molecule has 0 saturated carbocycles. The summed E-state index contributed by atoms with van der Waals surface area (Å²) in [5, 5.41) is 0. The second-order valence-corrected chi connectivity index (χ2v) is 3.66. The lowest BCUT2D eigenvalue weighted by atomic mass is 10.2. The molecule has 6 heteroatoms. The monoisotopic (exact) mass is 254 g/mol. The number of nitrogens with zero attached hydrogens (tertiary/aromatic N) is 1. The van der Waals surface area contributed by atoms with Crippen LogP contribution in [0.25, 0.3) is 0 Å². The summed E-state index contributed by atoms with van der Waals surface area (Å²) >= 11 is 0. The molecule has 6 nitrogen and oxygen atoms in total. The van der Waals surface area contributed by atoms with Gasteiger partial charge in [-0.1, -0.05) is 0 Å². The van der Waals surface area contributed by atoms with E-state index in [1.54, 1.807) is 0 Å². The van der Waals surface area contributed by atoms with Crippen LogP contribution in [-0.4, -0.2) is 37.4 Å².